The number of phenols is 1. The molecule has 0 bridgehead atoms. The van der Waals surface area contributed by atoms with Gasteiger partial charge in [-0.3, -0.25) is 4.90 Å². The van der Waals surface area contributed by atoms with Crippen molar-refractivity contribution in [3.8, 4) is 11.5 Å². The zero-order valence-electron chi connectivity index (χ0n) is 37.4. The van der Waals surface area contributed by atoms with Crippen LogP contribution in [0.2, 0.25) is 0 Å². The van der Waals surface area contributed by atoms with E-state index in [4.69, 9.17) is 24.2 Å². The van der Waals surface area contributed by atoms with E-state index in [2.05, 4.69) is 43.8 Å². The first-order chi connectivity index (χ1) is 30.4. The van der Waals surface area contributed by atoms with Gasteiger partial charge in [0.15, 0.2) is 0 Å². The van der Waals surface area contributed by atoms with Crippen molar-refractivity contribution in [2.45, 2.75) is 140 Å². The van der Waals surface area contributed by atoms with Gasteiger partial charge >= 0.3 is 6.09 Å². The highest BCUT2D eigenvalue weighted by Crippen LogP contribution is 2.62. The summed E-state index contributed by atoms with van der Waals surface area (Å²) in [5.41, 5.74) is 3.50. The summed E-state index contributed by atoms with van der Waals surface area (Å²) < 4.78 is 20.7. The van der Waals surface area contributed by atoms with Crippen molar-refractivity contribution >= 4 is 22.6 Å². The molecule has 3 aromatic rings. The number of carbonyl (C=O) groups excluding carboxylic acids is 1. The van der Waals surface area contributed by atoms with Crippen molar-refractivity contribution in [3.05, 3.63) is 96.1 Å². The molecule has 0 spiro atoms. The van der Waals surface area contributed by atoms with Gasteiger partial charge in [-0.25, -0.2) is 4.79 Å². The second kappa shape index (κ2) is 23.9. The van der Waals surface area contributed by atoms with Crippen LogP contribution in [0.1, 0.15) is 133 Å². The number of nitrogens with zero attached hydrogens (tertiary/aromatic N) is 2. The van der Waals surface area contributed by atoms with E-state index in [-0.39, 0.29) is 56.3 Å². The number of amides is 1. The third-order valence-electron chi connectivity index (χ3n) is 13.4. The fourth-order valence-corrected chi connectivity index (χ4v) is 10.5. The number of allylic oxidation sites excluding steroid dienone is 1. The Balaban J connectivity index is 1.42. The number of oxime groups is 1. The van der Waals surface area contributed by atoms with Crippen LogP contribution in [0.3, 0.4) is 0 Å². The Morgan fingerprint density at radius 3 is 2.34 bits per heavy atom. The highest BCUT2D eigenvalue weighted by atomic mass is 16.7. The molecule has 3 aliphatic rings. The molecule has 1 fully saturated rings. The van der Waals surface area contributed by atoms with E-state index in [0.717, 1.165) is 72.4 Å². The molecule has 6 rings (SSSR count). The van der Waals surface area contributed by atoms with Crippen LogP contribution >= 0.6 is 0 Å². The van der Waals surface area contributed by atoms with Crippen LogP contribution in [-0.4, -0.2) is 77.4 Å². The Labute approximate surface area is 370 Å². The predicted octanol–water partition coefficient (Wildman–Crippen LogP) is 11.4. The summed E-state index contributed by atoms with van der Waals surface area (Å²) in [4.78, 5) is 22.4. The molecule has 6 atom stereocenters. The maximum atomic E-state index is 15.0. The Morgan fingerprint density at radius 1 is 0.903 bits per heavy atom. The molecular weight excluding hydrogens is 781 g/mol. The van der Waals surface area contributed by atoms with Gasteiger partial charge in [0, 0.05) is 31.1 Å². The average molecular weight is 853 g/mol. The minimum atomic E-state index is -1.42. The number of benzene rings is 3. The number of carbonyl (C=O) groups is 1. The predicted molar refractivity (Wildman–Crippen MR) is 246 cm³/mol. The normalized spacial score (nSPS) is 23.3. The molecule has 0 saturated heterocycles. The van der Waals surface area contributed by atoms with Crippen molar-refractivity contribution < 1.29 is 39.2 Å². The molecule has 338 valence electrons. The van der Waals surface area contributed by atoms with Gasteiger partial charge in [0.25, 0.3) is 0 Å². The summed E-state index contributed by atoms with van der Waals surface area (Å²) in [5, 5.41) is 37.6. The first-order valence-corrected chi connectivity index (χ1v) is 23.6. The number of unbranched alkanes of at least 4 members (excludes halogenated alkanes) is 11. The van der Waals surface area contributed by atoms with Crippen LogP contribution in [0.25, 0.3) is 10.8 Å². The maximum Gasteiger partial charge on any atom is 0.410 e. The molecule has 1 heterocycles. The minimum absolute atomic E-state index is 0.0579. The van der Waals surface area contributed by atoms with E-state index < -0.39 is 23.8 Å². The van der Waals surface area contributed by atoms with Gasteiger partial charge in [0.1, 0.15) is 24.7 Å². The SMILES string of the molecule is C=CCO[C@@]12Oc3ccc(O)cc3[C@H]3[C@H](CCCCO)[C@@H](CCCCO)C=C(C(=NOC)C[C@@H]1N(Cc1cccc4ccccc14)C(=O)OCCCCCCCCCCCC)[C@H]32. The Morgan fingerprint density at radius 2 is 1.61 bits per heavy atom. The second-order valence-electron chi connectivity index (χ2n) is 17.5. The molecule has 0 unspecified atom stereocenters. The summed E-state index contributed by atoms with van der Waals surface area (Å²) in [7, 11) is 1.55. The molecule has 1 aliphatic heterocycles. The average Bonchev–Trinajstić information content (AvgIpc) is 3.28. The standard InChI is InChI=1S/C52H72N2O8/c1-4-6-7-8-9-10-11-12-13-20-33-60-51(58)54(37-40-25-21-24-38-22-14-15-26-42(38)40)48-36-46(53-59-3)44-34-39(23-16-18-30-55)43(27-17-19-31-56)49-45-35-41(57)28-29-47(45)62-52(48,50(44)49)61-32-5-2/h5,14-15,21-22,24-26,28-29,34-35,39,43,48-50,55-57H,2,4,6-13,16-20,23,27,30-33,36-37H2,1,3H3/t39-,43+,48-,49+,50+,52+/m0/s1. The monoisotopic (exact) mass is 853 g/mol. The zero-order valence-corrected chi connectivity index (χ0v) is 37.4. The van der Waals surface area contributed by atoms with Gasteiger partial charge in [-0.2, -0.15) is 0 Å². The molecular formula is C52H72N2O8. The molecule has 0 aromatic heterocycles. The van der Waals surface area contributed by atoms with E-state index in [1.807, 2.05) is 30.3 Å². The van der Waals surface area contributed by atoms with Gasteiger partial charge in [0.05, 0.1) is 31.4 Å². The van der Waals surface area contributed by atoms with Crippen LogP contribution in [0.5, 0.6) is 11.5 Å². The van der Waals surface area contributed by atoms with Crippen molar-refractivity contribution in [1.82, 2.24) is 4.90 Å². The van der Waals surface area contributed by atoms with E-state index in [1.165, 1.54) is 44.9 Å². The lowest BCUT2D eigenvalue weighted by atomic mass is 9.55. The number of ether oxygens (including phenoxy) is 3. The summed E-state index contributed by atoms with van der Waals surface area (Å²) in [6, 6.07) is 18.9. The number of aliphatic hydroxyl groups is 2. The van der Waals surface area contributed by atoms with Gasteiger partial charge in [-0.1, -0.05) is 137 Å². The van der Waals surface area contributed by atoms with E-state index >= 15 is 0 Å². The van der Waals surface area contributed by atoms with Crippen LogP contribution in [-0.2, 0) is 20.9 Å². The topological polar surface area (TPSA) is 130 Å². The highest BCUT2D eigenvalue weighted by molar-refractivity contribution is 6.03. The summed E-state index contributed by atoms with van der Waals surface area (Å²) >= 11 is 0. The Hall–Kier alpha value is -4.38. The summed E-state index contributed by atoms with van der Waals surface area (Å²) in [6.45, 7) is 7.20. The molecule has 3 N–H and O–H groups in total. The number of hydrogen-bond acceptors (Lipinski definition) is 9. The van der Waals surface area contributed by atoms with E-state index in [0.29, 0.717) is 30.9 Å². The second-order valence-corrected chi connectivity index (χ2v) is 17.5. The number of aliphatic hydroxyl groups excluding tert-OH is 2. The molecule has 62 heavy (non-hydrogen) atoms. The number of hydrogen-bond donors (Lipinski definition) is 3. The lowest BCUT2D eigenvalue weighted by molar-refractivity contribution is -0.256. The molecule has 3 aromatic carbocycles. The number of fused-ring (bicyclic) bond motifs is 3. The molecule has 10 nitrogen and oxygen atoms in total. The Bertz CT molecular complexity index is 1940. The minimum Gasteiger partial charge on any atom is -0.508 e. The van der Waals surface area contributed by atoms with Crippen molar-refractivity contribution in [3.63, 3.8) is 0 Å². The van der Waals surface area contributed by atoms with Crippen LogP contribution in [0.15, 0.2) is 90.1 Å². The van der Waals surface area contributed by atoms with Gasteiger partial charge < -0.3 is 34.4 Å². The maximum absolute atomic E-state index is 15.0. The number of phenolic OH excluding ortho intramolecular Hbond substituents is 1. The zero-order chi connectivity index (χ0) is 43.7. The van der Waals surface area contributed by atoms with Crippen LogP contribution in [0.4, 0.5) is 4.79 Å². The van der Waals surface area contributed by atoms with Gasteiger partial charge in [-0.15, -0.1) is 6.58 Å². The van der Waals surface area contributed by atoms with E-state index in [1.54, 1.807) is 24.2 Å². The molecule has 2 aliphatic carbocycles. The van der Waals surface area contributed by atoms with Crippen LogP contribution < -0.4 is 4.74 Å². The molecule has 10 heteroatoms. The Kier molecular flexibility index (Phi) is 18.2. The van der Waals surface area contributed by atoms with Crippen LogP contribution in [0, 0.1) is 17.8 Å². The number of aromatic hydroxyl groups is 1. The molecule has 1 saturated carbocycles. The highest BCUT2D eigenvalue weighted by Gasteiger charge is 2.65. The third-order valence-corrected chi connectivity index (χ3v) is 13.4. The first kappa shape index (κ1) is 47.1. The van der Waals surface area contributed by atoms with Crippen molar-refractivity contribution in [2.24, 2.45) is 22.9 Å². The fourth-order valence-electron chi connectivity index (χ4n) is 10.5. The van der Waals surface area contributed by atoms with Gasteiger partial charge in [0.2, 0.25) is 5.79 Å². The largest absolute Gasteiger partial charge is 0.508 e. The summed E-state index contributed by atoms with van der Waals surface area (Å²) in [6.07, 6.45) is 20.3. The van der Waals surface area contributed by atoms with Crippen molar-refractivity contribution in [2.75, 3.05) is 33.5 Å². The van der Waals surface area contributed by atoms with Crippen molar-refractivity contribution in [1.29, 1.82) is 0 Å². The fraction of sp³-hybridized carbons (Fsp3) is 0.577. The third kappa shape index (κ3) is 11.2. The number of rotatable bonds is 26. The first-order valence-electron chi connectivity index (χ1n) is 23.6. The lowest BCUT2D eigenvalue weighted by Crippen LogP contribution is -2.70. The van der Waals surface area contributed by atoms with Gasteiger partial charge in [-0.05, 0) is 84.0 Å². The smallest absolute Gasteiger partial charge is 0.410 e. The lowest BCUT2D eigenvalue weighted by Gasteiger charge is -2.59. The van der Waals surface area contributed by atoms with E-state index in [9.17, 15) is 20.1 Å². The quantitative estimate of drug-likeness (QED) is 0.0413. The summed E-state index contributed by atoms with van der Waals surface area (Å²) in [5.74, 6) is -1.23. The molecule has 1 amide bonds. The molecule has 0 radical (unpaired) electrons.